The van der Waals surface area contributed by atoms with E-state index >= 15 is 0 Å². The number of aromatic nitrogens is 1. The third kappa shape index (κ3) is 3.61. The molecule has 0 aliphatic carbocycles. The van der Waals surface area contributed by atoms with Gasteiger partial charge in [-0.05, 0) is 36.4 Å². The summed E-state index contributed by atoms with van der Waals surface area (Å²) in [6.07, 6.45) is 8.15. The largest absolute Gasteiger partial charge is 0.257 e. The number of pyridine rings is 1. The monoisotopic (exact) mass is 325 g/mol. The molecule has 1 atom stereocenters. The summed E-state index contributed by atoms with van der Waals surface area (Å²) >= 11 is 0. The smallest absolute Gasteiger partial charge is 0.0603 e. The van der Waals surface area contributed by atoms with Gasteiger partial charge in [0, 0.05) is 11.1 Å². The Labute approximate surface area is 150 Å². The van der Waals surface area contributed by atoms with Crippen LogP contribution in [0.15, 0.2) is 97.1 Å². The Hall–Kier alpha value is -2.93. The number of allylic oxidation sites excluding steroid dienone is 5. The predicted octanol–water partition coefficient (Wildman–Crippen LogP) is 6.36. The van der Waals surface area contributed by atoms with Crippen LogP contribution in [0.5, 0.6) is 0 Å². The highest BCUT2D eigenvalue weighted by atomic mass is 14.7. The van der Waals surface area contributed by atoms with Gasteiger partial charge in [-0.2, -0.15) is 0 Å². The first-order valence-electron chi connectivity index (χ1n) is 8.61. The molecular formula is C24H23N. The maximum atomic E-state index is 4.95. The van der Waals surface area contributed by atoms with Crippen molar-refractivity contribution in [3.8, 4) is 0 Å². The Morgan fingerprint density at radius 3 is 2.48 bits per heavy atom. The van der Waals surface area contributed by atoms with Crippen LogP contribution in [0.3, 0.4) is 0 Å². The van der Waals surface area contributed by atoms with E-state index in [2.05, 4.69) is 92.4 Å². The van der Waals surface area contributed by atoms with Crippen molar-refractivity contribution in [1.82, 2.24) is 4.98 Å². The fourth-order valence-electron chi connectivity index (χ4n) is 3.31. The number of fused-ring (bicyclic) bond motifs is 1. The van der Waals surface area contributed by atoms with E-state index in [4.69, 9.17) is 4.98 Å². The van der Waals surface area contributed by atoms with E-state index in [1.54, 1.807) is 0 Å². The molecule has 0 saturated carbocycles. The topological polar surface area (TPSA) is 12.9 Å². The van der Waals surface area contributed by atoms with Gasteiger partial charge >= 0.3 is 0 Å². The van der Waals surface area contributed by atoms with Crippen LogP contribution in [-0.2, 0) is 0 Å². The highest BCUT2D eigenvalue weighted by molar-refractivity contribution is 5.86. The molecule has 0 radical (unpaired) electrons. The number of nitrogens with zero attached hydrogens (tertiary/aromatic N) is 1. The summed E-state index contributed by atoms with van der Waals surface area (Å²) in [6, 6.07) is 21.2. The van der Waals surface area contributed by atoms with Gasteiger partial charge in [0.15, 0.2) is 0 Å². The molecule has 0 bridgehead atoms. The second kappa shape index (κ2) is 7.76. The van der Waals surface area contributed by atoms with Crippen molar-refractivity contribution in [3.63, 3.8) is 0 Å². The molecule has 0 saturated heterocycles. The van der Waals surface area contributed by atoms with Gasteiger partial charge in [-0.25, -0.2) is 0 Å². The van der Waals surface area contributed by atoms with Crippen molar-refractivity contribution < 1.29 is 0 Å². The van der Waals surface area contributed by atoms with E-state index in [0.29, 0.717) is 0 Å². The zero-order valence-corrected chi connectivity index (χ0v) is 14.8. The summed E-state index contributed by atoms with van der Waals surface area (Å²) in [5.74, 6) is 0.0696. The number of hydrogen-bond acceptors (Lipinski definition) is 1. The van der Waals surface area contributed by atoms with Gasteiger partial charge in [-0.3, -0.25) is 4.98 Å². The molecule has 0 N–H and O–H groups in total. The normalized spacial score (nSPS) is 13.3. The average molecular weight is 325 g/mol. The molecule has 25 heavy (non-hydrogen) atoms. The Kier molecular flexibility index (Phi) is 5.25. The van der Waals surface area contributed by atoms with Crippen molar-refractivity contribution in [3.05, 3.63) is 114 Å². The molecule has 2 aromatic carbocycles. The first kappa shape index (κ1) is 16.9. The van der Waals surface area contributed by atoms with Crippen molar-refractivity contribution in [2.24, 2.45) is 0 Å². The van der Waals surface area contributed by atoms with Crippen LogP contribution >= 0.6 is 0 Å². The fraction of sp³-hybridized carbons (Fsp3) is 0.125. The van der Waals surface area contributed by atoms with Gasteiger partial charge < -0.3 is 0 Å². The van der Waals surface area contributed by atoms with Crippen molar-refractivity contribution in [1.29, 1.82) is 0 Å². The molecule has 1 aromatic heterocycles. The second-order valence-corrected chi connectivity index (χ2v) is 6.12. The molecule has 0 amide bonds. The van der Waals surface area contributed by atoms with Gasteiger partial charge in [0.05, 0.1) is 11.6 Å². The molecule has 0 aliphatic heterocycles. The first-order valence-corrected chi connectivity index (χ1v) is 8.61. The molecule has 0 spiro atoms. The first-order chi connectivity index (χ1) is 12.2. The molecule has 0 aliphatic rings. The molecule has 1 heterocycles. The van der Waals surface area contributed by atoms with Crippen molar-refractivity contribution in [2.45, 2.75) is 19.8 Å². The van der Waals surface area contributed by atoms with Gasteiger partial charge in [-0.15, -0.1) is 0 Å². The Morgan fingerprint density at radius 2 is 1.76 bits per heavy atom. The third-order valence-electron chi connectivity index (χ3n) is 4.31. The van der Waals surface area contributed by atoms with E-state index in [9.17, 15) is 0 Å². The minimum Gasteiger partial charge on any atom is -0.257 e. The van der Waals surface area contributed by atoms with Gasteiger partial charge in [-0.1, -0.05) is 85.5 Å². The Bertz CT molecular complexity index is 933. The lowest BCUT2D eigenvalue weighted by Crippen LogP contribution is -2.08. The van der Waals surface area contributed by atoms with Crippen LogP contribution in [0.1, 0.15) is 29.8 Å². The molecule has 1 nitrogen and oxygen atoms in total. The molecule has 1 unspecified atom stereocenters. The van der Waals surface area contributed by atoms with Crippen LogP contribution in [0.4, 0.5) is 0 Å². The highest BCUT2D eigenvalue weighted by Gasteiger charge is 2.21. The highest BCUT2D eigenvalue weighted by Crippen LogP contribution is 2.36. The Balaban J connectivity index is 2.33. The fourth-order valence-corrected chi connectivity index (χ4v) is 3.31. The number of hydrogen-bond donors (Lipinski definition) is 0. The average Bonchev–Trinajstić information content (AvgIpc) is 2.63. The van der Waals surface area contributed by atoms with E-state index in [0.717, 1.165) is 11.4 Å². The number of benzene rings is 2. The van der Waals surface area contributed by atoms with Gasteiger partial charge in [0.25, 0.3) is 0 Å². The minimum absolute atomic E-state index is 0.0696. The lowest BCUT2D eigenvalue weighted by molar-refractivity contribution is 0.920. The molecule has 1 heteroatoms. The second-order valence-electron chi connectivity index (χ2n) is 6.12. The molecule has 3 aromatic rings. The summed E-state index contributed by atoms with van der Waals surface area (Å²) in [6.45, 7) is 8.00. The summed E-state index contributed by atoms with van der Waals surface area (Å²) in [7, 11) is 0. The standard InChI is InChI=1S/C24H23N/c1-4-11-19(12-5-2)23(20-13-7-6-8-14-20)24-22-16-10-9-15-21(22)17-18(3)25-24/h4-17,23H,1H2,2-3H3/b12-5-,19-11+. The summed E-state index contributed by atoms with van der Waals surface area (Å²) < 4.78 is 0. The van der Waals surface area contributed by atoms with Crippen LogP contribution in [0.2, 0.25) is 0 Å². The quantitative estimate of drug-likeness (QED) is 0.497. The molecular weight excluding hydrogens is 302 g/mol. The van der Waals surface area contributed by atoms with Crippen LogP contribution in [0, 0.1) is 6.92 Å². The summed E-state index contributed by atoms with van der Waals surface area (Å²) in [5, 5.41) is 2.42. The summed E-state index contributed by atoms with van der Waals surface area (Å²) in [5.41, 5.74) is 4.55. The molecule has 3 rings (SSSR count). The maximum absolute atomic E-state index is 4.95. The van der Waals surface area contributed by atoms with Crippen molar-refractivity contribution in [2.75, 3.05) is 0 Å². The summed E-state index contributed by atoms with van der Waals surface area (Å²) in [4.78, 5) is 4.95. The van der Waals surface area contributed by atoms with E-state index in [1.165, 1.54) is 21.9 Å². The van der Waals surface area contributed by atoms with Crippen LogP contribution < -0.4 is 0 Å². The van der Waals surface area contributed by atoms with Crippen LogP contribution in [-0.4, -0.2) is 4.98 Å². The SMILES string of the molecule is C=C/C=C(\C=C/C)C(c1ccccc1)c1nc(C)cc2ccccc12. The zero-order valence-electron chi connectivity index (χ0n) is 14.8. The van der Waals surface area contributed by atoms with Crippen LogP contribution in [0.25, 0.3) is 10.8 Å². The predicted molar refractivity (Wildman–Crippen MR) is 108 cm³/mol. The minimum atomic E-state index is 0.0696. The van der Waals surface area contributed by atoms with Crippen molar-refractivity contribution >= 4 is 10.8 Å². The maximum Gasteiger partial charge on any atom is 0.0603 e. The van der Waals surface area contributed by atoms with E-state index in [1.807, 2.05) is 13.0 Å². The third-order valence-corrected chi connectivity index (χ3v) is 4.31. The number of rotatable bonds is 5. The lowest BCUT2D eigenvalue weighted by atomic mass is 9.85. The lowest BCUT2D eigenvalue weighted by Gasteiger charge is -2.21. The van der Waals surface area contributed by atoms with Gasteiger partial charge in [0.1, 0.15) is 0 Å². The molecule has 124 valence electrons. The Morgan fingerprint density at radius 1 is 1.04 bits per heavy atom. The van der Waals surface area contributed by atoms with E-state index < -0.39 is 0 Å². The zero-order chi connectivity index (χ0) is 17.6. The molecule has 0 fully saturated rings. The van der Waals surface area contributed by atoms with Gasteiger partial charge in [0.2, 0.25) is 0 Å². The van der Waals surface area contributed by atoms with E-state index in [-0.39, 0.29) is 5.92 Å². The number of aryl methyl sites for hydroxylation is 1.